The summed E-state index contributed by atoms with van der Waals surface area (Å²) in [5.74, 6) is -1.26. The van der Waals surface area contributed by atoms with Crippen molar-refractivity contribution in [1.82, 2.24) is 9.97 Å². The smallest absolute Gasteiger partial charge is 0.337 e. The lowest BCUT2D eigenvalue weighted by atomic mass is 10.2. The van der Waals surface area contributed by atoms with Gasteiger partial charge in [0.1, 0.15) is 5.03 Å². The van der Waals surface area contributed by atoms with E-state index in [2.05, 4.69) is 9.97 Å². The van der Waals surface area contributed by atoms with Crippen molar-refractivity contribution >= 4 is 23.4 Å². The summed E-state index contributed by atoms with van der Waals surface area (Å²) >= 11 is 1.03. The Balaban J connectivity index is 2.43. The van der Waals surface area contributed by atoms with Crippen LogP contribution in [0, 0.1) is 24.0 Å². The first-order valence-corrected chi connectivity index (χ1v) is 6.69. The van der Waals surface area contributed by atoms with E-state index >= 15 is 0 Å². The largest absolute Gasteiger partial charge is 0.478 e. The average molecular weight is 305 g/mol. The molecule has 0 aliphatic rings. The number of aryl methyl sites for hydroxylation is 2. The van der Waals surface area contributed by atoms with E-state index in [1.54, 1.807) is 6.07 Å². The van der Waals surface area contributed by atoms with Gasteiger partial charge in [-0.15, -0.1) is 0 Å². The average Bonchev–Trinajstić information content (AvgIpc) is 2.37. The number of nitro groups is 1. The molecule has 2 aromatic heterocycles. The van der Waals surface area contributed by atoms with Crippen molar-refractivity contribution in [3.8, 4) is 0 Å². The summed E-state index contributed by atoms with van der Waals surface area (Å²) in [5, 5.41) is 20.6. The zero-order valence-electron chi connectivity index (χ0n) is 11.2. The van der Waals surface area contributed by atoms with Crippen LogP contribution in [0.4, 0.5) is 5.69 Å². The third kappa shape index (κ3) is 3.54. The SMILES string of the molecule is Cc1cc(C)nc(Sc2ncc(C(=O)O)cc2[N+](=O)[O-])c1. The number of carbonyl (C=O) groups is 1. The third-order valence-corrected chi connectivity index (χ3v) is 3.48. The van der Waals surface area contributed by atoms with Crippen LogP contribution in [-0.4, -0.2) is 26.0 Å². The predicted molar refractivity (Wildman–Crippen MR) is 75.7 cm³/mol. The molecule has 108 valence electrons. The summed E-state index contributed by atoms with van der Waals surface area (Å²) in [4.78, 5) is 29.4. The van der Waals surface area contributed by atoms with Gasteiger partial charge in [0, 0.05) is 18.0 Å². The second-order valence-electron chi connectivity index (χ2n) is 4.34. The maximum absolute atomic E-state index is 11.1. The van der Waals surface area contributed by atoms with Gasteiger partial charge < -0.3 is 5.11 Å². The Labute approximate surface area is 124 Å². The van der Waals surface area contributed by atoms with Crippen LogP contribution in [0.2, 0.25) is 0 Å². The second-order valence-corrected chi connectivity index (χ2v) is 5.35. The van der Waals surface area contributed by atoms with E-state index in [0.29, 0.717) is 5.03 Å². The van der Waals surface area contributed by atoms with E-state index in [0.717, 1.165) is 35.3 Å². The number of aromatic nitrogens is 2. The quantitative estimate of drug-likeness (QED) is 0.683. The Morgan fingerprint density at radius 1 is 1.33 bits per heavy atom. The van der Waals surface area contributed by atoms with Crippen LogP contribution < -0.4 is 0 Å². The van der Waals surface area contributed by atoms with Crippen molar-refractivity contribution in [1.29, 1.82) is 0 Å². The zero-order chi connectivity index (χ0) is 15.6. The minimum absolute atomic E-state index is 0.113. The Bertz CT molecular complexity index is 713. The number of aromatic carboxylic acids is 1. The Morgan fingerprint density at radius 3 is 2.62 bits per heavy atom. The van der Waals surface area contributed by atoms with Gasteiger partial charge in [-0.05, 0) is 43.3 Å². The van der Waals surface area contributed by atoms with Crippen LogP contribution in [0.15, 0.2) is 34.4 Å². The molecule has 0 radical (unpaired) electrons. The number of carboxylic acids is 1. The standard InChI is InChI=1S/C13H11N3O4S/c1-7-3-8(2)15-11(4-7)21-12-10(16(19)20)5-9(6-14-12)13(17)18/h3-6H,1-2H3,(H,17,18). The molecule has 0 aliphatic heterocycles. The molecule has 2 rings (SSSR count). The van der Waals surface area contributed by atoms with E-state index in [-0.39, 0.29) is 16.3 Å². The molecular formula is C13H11N3O4S. The topological polar surface area (TPSA) is 106 Å². The Morgan fingerprint density at radius 2 is 2.05 bits per heavy atom. The van der Waals surface area contributed by atoms with E-state index in [9.17, 15) is 14.9 Å². The summed E-state index contributed by atoms with van der Waals surface area (Å²) in [6, 6.07) is 4.67. The number of hydrogen-bond acceptors (Lipinski definition) is 6. The molecule has 8 heteroatoms. The molecular weight excluding hydrogens is 294 g/mol. The molecule has 0 aromatic carbocycles. The van der Waals surface area contributed by atoms with Crippen LogP contribution in [0.25, 0.3) is 0 Å². The minimum atomic E-state index is -1.26. The molecule has 2 aromatic rings. The Hall–Kier alpha value is -2.48. The molecule has 0 amide bonds. The molecule has 21 heavy (non-hydrogen) atoms. The van der Waals surface area contributed by atoms with Gasteiger partial charge in [-0.1, -0.05) is 0 Å². The fourth-order valence-corrected chi connectivity index (χ4v) is 2.70. The van der Waals surface area contributed by atoms with Crippen LogP contribution >= 0.6 is 11.8 Å². The van der Waals surface area contributed by atoms with Crippen LogP contribution in [0.3, 0.4) is 0 Å². The van der Waals surface area contributed by atoms with Gasteiger partial charge in [-0.3, -0.25) is 10.1 Å². The summed E-state index contributed by atoms with van der Waals surface area (Å²) < 4.78 is 0. The highest BCUT2D eigenvalue weighted by atomic mass is 32.2. The lowest BCUT2D eigenvalue weighted by molar-refractivity contribution is -0.388. The molecule has 1 N–H and O–H groups in total. The number of hydrogen-bond donors (Lipinski definition) is 1. The molecule has 0 fully saturated rings. The molecule has 0 saturated carbocycles. The molecule has 0 saturated heterocycles. The number of nitrogens with zero attached hydrogens (tertiary/aromatic N) is 3. The van der Waals surface area contributed by atoms with Gasteiger partial charge >= 0.3 is 11.7 Å². The lowest BCUT2D eigenvalue weighted by Crippen LogP contribution is -2.01. The van der Waals surface area contributed by atoms with Crippen molar-refractivity contribution in [3.05, 3.63) is 51.3 Å². The Kier molecular flexibility index (Phi) is 4.18. The first kappa shape index (κ1) is 14.9. The monoisotopic (exact) mass is 305 g/mol. The zero-order valence-corrected chi connectivity index (χ0v) is 12.0. The maximum Gasteiger partial charge on any atom is 0.337 e. The fourth-order valence-electron chi connectivity index (χ4n) is 1.72. The van der Waals surface area contributed by atoms with Gasteiger partial charge in [0.05, 0.1) is 10.5 Å². The molecule has 0 aliphatic carbocycles. The highest BCUT2D eigenvalue weighted by molar-refractivity contribution is 7.99. The minimum Gasteiger partial charge on any atom is -0.478 e. The van der Waals surface area contributed by atoms with Gasteiger partial charge in [0.25, 0.3) is 0 Å². The van der Waals surface area contributed by atoms with E-state index in [4.69, 9.17) is 5.11 Å². The number of carboxylic acid groups (broad SMARTS) is 1. The van der Waals surface area contributed by atoms with Crippen LogP contribution in [0.5, 0.6) is 0 Å². The van der Waals surface area contributed by atoms with Crippen molar-refractivity contribution in [2.24, 2.45) is 0 Å². The van der Waals surface area contributed by atoms with E-state index < -0.39 is 10.9 Å². The molecule has 7 nitrogen and oxygen atoms in total. The summed E-state index contributed by atoms with van der Waals surface area (Å²) in [6.45, 7) is 3.72. The number of rotatable bonds is 4. The van der Waals surface area contributed by atoms with Gasteiger partial charge in [0.2, 0.25) is 0 Å². The highest BCUT2D eigenvalue weighted by Gasteiger charge is 2.20. The summed E-state index contributed by atoms with van der Waals surface area (Å²) in [6.07, 6.45) is 1.10. The van der Waals surface area contributed by atoms with E-state index in [1.165, 1.54) is 0 Å². The molecule has 0 unspecified atom stereocenters. The highest BCUT2D eigenvalue weighted by Crippen LogP contribution is 2.32. The van der Waals surface area contributed by atoms with E-state index in [1.807, 2.05) is 19.9 Å². The van der Waals surface area contributed by atoms with Crippen molar-refractivity contribution < 1.29 is 14.8 Å². The first-order chi connectivity index (χ1) is 9.86. The second kappa shape index (κ2) is 5.88. The predicted octanol–water partition coefficient (Wildman–Crippen LogP) is 2.85. The maximum atomic E-state index is 11.1. The van der Waals surface area contributed by atoms with Gasteiger partial charge in [-0.2, -0.15) is 0 Å². The normalized spacial score (nSPS) is 10.4. The van der Waals surface area contributed by atoms with Gasteiger partial charge in [0.15, 0.2) is 5.03 Å². The third-order valence-electron chi connectivity index (χ3n) is 2.55. The lowest BCUT2D eigenvalue weighted by Gasteiger charge is -2.04. The van der Waals surface area contributed by atoms with Crippen LogP contribution in [-0.2, 0) is 0 Å². The molecule has 2 heterocycles. The summed E-state index contributed by atoms with van der Waals surface area (Å²) in [5.41, 5.74) is 1.21. The summed E-state index contributed by atoms with van der Waals surface area (Å²) in [7, 11) is 0. The molecule has 0 bridgehead atoms. The number of pyridine rings is 2. The first-order valence-electron chi connectivity index (χ1n) is 5.87. The van der Waals surface area contributed by atoms with Crippen molar-refractivity contribution in [2.75, 3.05) is 0 Å². The van der Waals surface area contributed by atoms with Gasteiger partial charge in [-0.25, -0.2) is 14.8 Å². The van der Waals surface area contributed by atoms with Crippen molar-refractivity contribution in [2.45, 2.75) is 23.9 Å². The molecule has 0 atom stereocenters. The van der Waals surface area contributed by atoms with Crippen LogP contribution in [0.1, 0.15) is 21.6 Å². The molecule has 0 spiro atoms. The fraction of sp³-hybridized carbons (Fsp3) is 0.154. The van der Waals surface area contributed by atoms with Crippen molar-refractivity contribution in [3.63, 3.8) is 0 Å².